The van der Waals surface area contributed by atoms with Crippen molar-refractivity contribution in [3.05, 3.63) is 0 Å². The highest BCUT2D eigenvalue weighted by atomic mass is 32.2. The Balaban J connectivity index is 2.46. The first-order valence-corrected chi connectivity index (χ1v) is 6.32. The lowest BCUT2D eigenvalue weighted by molar-refractivity contribution is -0.115. The second-order valence-electron chi connectivity index (χ2n) is 2.62. The van der Waals surface area contributed by atoms with Crippen LogP contribution in [-0.2, 0) is 4.79 Å². The Hall–Kier alpha value is -0.620. The molecule has 0 fully saturated rings. The van der Waals surface area contributed by atoms with Crippen molar-refractivity contribution in [1.29, 1.82) is 0 Å². The Bertz CT molecular complexity index is 301. The predicted octanol–water partition coefficient (Wildman–Crippen LogP) is 2.39. The van der Waals surface area contributed by atoms with Gasteiger partial charge in [0.05, 0.1) is 0 Å². The number of hydrogen-bond donors (Lipinski definition) is 1. The van der Waals surface area contributed by atoms with E-state index in [1.54, 1.807) is 11.8 Å². The van der Waals surface area contributed by atoms with E-state index in [1.165, 1.54) is 11.3 Å². The molecular formula is C8H13N3OS2. The van der Waals surface area contributed by atoms with Crippen LogP contribution in [0.5, 0.6) is 0 Å². The summed E-state index contributed by atoms with van der Waals surface area (Å²) in [5.74, 6) is 1.02. The average Bonchev–Trinajstić information content (AvgIpc) is 2.62. The molecule has 0 saturated carbocycles. The van der Waals surface area contributed by atoms with E-state index in [0.717, 1.165) is 16.5 Å². The second-order valence-corrected chi connectivity index (χ2v) is 4.94. The molecule has 78 valence electrons. The van der Waals surface area contributed by atoms with E-state index >= 15 is 0 Å². The van der Waals surface area contributed by atoms with Gasteiger partial charge in [-0.05, 0) is 6.42 Å². The number of carbonyl (C=O) groups is 1. The van der Waals surface area contributed by atoms with Gasteiger partial charge in [0, 0.05) is 12.2 Å². The zero-order valence-electron chi connectivity index (χ0n) is 8.24. The van der Waals surface area contributed by atoms with Gasteiger partial charge in [0.15, 0.2) is 4.34 Å². The lowest BCUT2D eigenvalue weighted by Gasteiger charge is -1.94. The normalized spacial score (nSPS) is 10.1. The van der Waals surface area contributed by atoms with E-state index < -0.39 is 0 Å². The van der Waals surface area contributed by atoms with Crippen LogP contribution in [0.2, 0.25) is 0 Å². The zero-order valence-corrected chi connectivity index (χ0v) is 9.87. The zero-order chi connectivity index (χ0) is 10.4. The molecule has 1 amide bonds. The number of nitrogens with one attached hydrogen (secondary N) is 1. The monoisotopic (exact) mass is 231 g/mol. The second kappa shape index (κ2) is 5.98. The topological polar surface area (TPSA) is 54.9 Å². The van der Waals surface area contributed by atoms with Crippen molar-refractivity contribution < 1.29 is 4.79 Å². The van der Waals surface area contributed by atoms with E-state index in [0.29, 0.717) is 11.6 Å². The highest BCUT2D eigenvalue weighted by Gasteiger charge is 2.06. The van der Waals surface area contributed by atoms with Crippen LogP contribution in [0.3, 0.4) is 0 Å². The smallest absolute Gasteiger partial charge is 0.225 e. The van der Waals surface area contributed by atoms with Gasteiger partial charge in [0.1, 0.15) is 0 Å². The van der Waals surface area contributed by atoms with Gasteiger partial charge in [-0.15, -0.1) is 10.2 Å². The largest absolute Gasteiger partial charge is 0.301 e. The maximum Gasteiger partial charge on any atom is 0.225 e. The number of nitrogens with zero attached hydrogens (tertiary/aromatic N) is 2. The number of amides is 1. The first-order valence-electron chi connectivity index (χ1n) is 4.52. The van der Waals surface area contributed by atoms with E-state index in [4.69, 9.17) is 0 Å². The maximum absolute atomic E-state index is 11.0. The Labute approximate surface area is 91.5 Å². The van der Waals surface area contributed by atoms with Gasteiger partial charge in [0.25, 0.3) is 0 Å². The van der Waals surface area contributed by atoms with Gasteiger partial charge in [-0.3, -0.25) is 4.79 Å². The van der Waals surface area contributed by atoms with Gasteiger partial charge in [-0.25, -0.2) is 0 Å². The minimum absolute atomic E-state index is 0.0202. The third kappa shape index (κ3) is 3.63. The summed E-state index contributed by atoms with van der Waals surface area (Å²) in [6.07, 6.45) is 1.58. The van der Waals surface area contributed by atoms with Gasteiger partial charge < -0.3 is 5.32 Å². The van der Waals surface area contributed by atoms with Crippen molar-refractivity contribution in [2.75, 3.05) is 11.1 Å². The van der Waals surface area contributed by atoms with Gasteiger partial charge in [-0.1, -0.05) is 36.9 Å². The summed E-state index contributed by atoms with van der Waals surface area (Å²) < 4.78 is 0.915. The number of anilines is 1. The Morgan fingerprint density at radius 2 is 2.29 bits per heavy atom. The Morgan fingerprint density at radius 3 is 2.93 bits per heavy atom. The van der Waals surface area contributed by atoms with Crippen LogP contribution in [0.1, 0.15) is 26.7 Å². The van der Waals surface area contributed by atoms with Crippen molar-refractivity contribution in [2.45, 2.75) is 31.0 Å². The SMILES string of the molecule is CCCSc1nnc(NC(=O)CC)s1. The summed E-state index contributed by atoms with van der Waals surface area (Å²) in [4.78, 5) is 11.0. The molecule has 1 aromatic heterocycles. The number of thioether (sulfide) groups is 1. The summed E-state index contributed by atoms with van der Waals surface area (Å²) in [5.41, 5.74) is 0. The molecule has 4 nitrogen and oxygen atoms in total. The van der Waals surface area contributed by atoms with Crippen molar-refractivity contribution in [2.24, 2.45) is 0 Å². The summed E-state index contributed by atoms with van der Waals surface area (Å²) in [5, 5.41) is 11.1. The summed E-state index contributed by atoms with van der Waals surface area (Å²) in [7, 11) is 0. The molecule has 0 radical (unpaired) electrons. The number of aromatic nitrogens is 2. The highest BCUT2D eigenvalue weighted by molar-refractivity contribution is 8.01. The van der Waals surface area contributed by atoms with E-state index in [2.05, 4.69) is 22.4 Å². The molecule has 0 aliphatic rings. The third-order valence-corrected chi connectivity index (χ3v) is 3.58. The number of carbonyl (C=O) groups excluding carboxylic acids is 1. The van der Waals surface area contributed by atoms with Crippen molar-refractivity contribution in [3.8, 4) is 0 Å². The Kier molecular flexibility index (Phi) is 4.89. The third-order valence-electron chi connectivity index (χ3n) is 1.40. The van der Waals surface area contributed by atoms with Crippen LogP contribution in [0.25, 0.3) is 0 Å². The minimum Gasteiger partial charge on any atom is -0.301 e. The van der Waals surface area contributed by atoms with Crippen molar-refractivity contribution >= 4 is 34.1 Å². The predicted molar refractivity (Wildman–Crippen MR) is 59.8 cm³/mol. The van der Waals surface area contributed by atoms with E-state index in [9.17, 15) is 4.79 Å². The molecule has 0 aliphatic heterocycles. The molecule has 1 heterocycles. The highest BCUT2D eigenvalue weighted by Crippen LogP contribution is 2.25. The van der Waals surface area contributed by atoms with Gasteiger partial charge in [0.2, 0.25) is 11.0 Å². The van der Waals surface area contributed by atoms with Gasteiger partial charge in [-0.2, -0.15) is 0 Å². The van der Waals surface area contributed by atoms with E-state index in [1.807, 2.05) is 6.92 Å². The molecule has 14 heavy (non-hydrogen) atoms. The Morgan fingerprint density at radius 1 is 1.50 bits per heavy atom. The standard InChI is InChI=1S/C8H13N3OS2/c1-3-5-13-8-11-10-7(14-8)9-6(12)4-2/h3-5H2,1-2H3,(H,9,10,12). The van der Waals surface area contributed by atoms with Crippen molar-refractivity contribution in [3.63, 3.8) is 0 Å². The molecule has 1 rings (SSSR count). The fraction of sp³-hybridized carbons (Fsp3) is 0.625. The molecule has 6 heteroatoms. The number of hydrogen-bond acceptors (Lipinski definition) is 5. The molecular weight excluding hydrogens is 218 g/mol. The van der Waals surface area contributed by atoms with Crippen LogP contribution in [0.15, 0.2) is 4.34 Å². The minimum atomic E-state index is -0.0202. The first-order chi connectivity index (χ1) is 6.76. The van der Waals surface area contributed by atoms with Crippen LogP contribution >= 0.6 is 23.1 Å². The van der Waals surface area contributed by atoms with Crippen LogP contribution in [-0.4, -0.2) is 21.9 Å². The number of rotatable bonds is 5. The molecule has 0 bridgehead atoms. The quantitative estimate of drug-likeness (QED) is 0.624. The maximum atomic E-state index is 11.0. The molecule has 1 aromatic rings. The average molecular weight is 231 g/mol. The molecule has 1 N–H and O–H groups in total. The van der Waals surface area contributed by atoms with Crippen LogP contribution in [0, 0.1) is 0 Å². The lowest BCUT2D eigenvalue weighted by atomic mass is 10.5. The van der Waals surface area contributed by atoms with Crippen molar-refractivity contribution in [1.82, 2.24) is 10.2 Å². The summed E-state index contributed by atoms with van der Waals surface area (Å²) >= 11 is 3.09. The molecule has 0 unspecified atom stereocenters. The van der Waals surface area contributed by atoms with E-state index in [-0.39, 0.29) is 5.91 Å². The fourth-order valence-corrected chi connectivity index (χ4v) is 2.41. The van der Waals surface area contributed by atoms with Gasteiger partial charge >= 0.3 is 0 Å². The first kappa shape index (κ1) is 11.5. The molecule has 0 saturated heterocycles. The molecule has 0 atom stereocenters. The molecule has 0 aromatic carbocycles. The molecule has 0 spiro atoms. The molecule has 0 aliphatic carbocycles. The summed E-state index contributed by atoms with van der Waals surface area (Å²) in [6.45, 7) is 3.93. The van der Waals surface area contributed by atoms with Crippen LogP contribution in [0.4, 0.5) is 5.13 Å². The van der Waals surface area contributed by atoms with Crippen LogP contribution < -0.4 is 5.32 Å². The fourth-order valence-electron chi connectivity index (χ4n) is 0.716. The lowest BCUT2D eigenvalue weighted by Crippen LogP contribution is -2.08. The summed E-state index contributed by atoms with van der Waals surface area (Å²) in [6, 6.07) is 0.